The highest BCUT2D eigenvalue weighted by Gasteiger charge is 2.30. The summed E-state index contributed by atoms with van der Waals surface area (Å²) in [5.41, 5.74) is -0.608. The summed E-state index contributed by atoms with van der Waals surface area (Å²) in [6.07, 6.45) is 0.383. The molecule has 0 aromatic rings. The zero-order valence-electron chi connectivity index (χ0n) is 13.8. The number of hydrogen-bond donors (Lipinski definition) is 0. The lowest BCUT2D eigenvalue weighted by Gasteiger charge is -2.34. The Morgan fingerprint density at radius 3 is 2.00 bits per heavy atom. The normalized spacial score (nSPS) is 18.0. The molecule has 1 rings (SSSR count). The smallest absolute Gasteiger partial charge is 0.410 e. The molecule has 0 N–H and O–H groups in total. The summed E-state index contributed by atoms with van der Waals surface area (Å²) in [5, 5.41) is 0. The van der Waals surface area contributed by atoms with Crippen molar-refractivity contribution in [1.82, 2.24) is 9.21 Å². The second-order valence-electron chi connectivity index (χ2n) is 6.21. The second-order valence-corrected chi connectivity index (χ2v) is 9.94. The Bertz CT molecular complexity index is 614. The van der Waals surface area contributed by atoms with E-state index in [2.05, 4.69) is 4.18 Å². The van der Waals surface area contributed by atoms with Crippen molar-refractivity contribution >= 4 is 26.2 Å². The van der Waals surface area contributed by atoms with E-state index >= 15 is 0 Å². The highest BCUT2D eigenvalue weighted by atomic mass is 32.2. The van der Waals surface area contributed by atoms with Crippen LogP contribution in [0.1, 0.15) is 20.8 Å². The molecule has 1 amide bonds. The van der Waals surface area contributed by atoms with Crippen LogP contribution in [0.15, 0.2) is 0 Å². The Morgan fingerprint density at radius 1 is 1.04 bits per heavy atom. The number of nitrogens with zero attached hydrogens (tertiary/aromatic N) is 2. The van der Waals surface area contributed by atoms with Gasteiger partial charge in [0.05, 0.1) is 18.6 Å². The van der Waals surface area contributed by atoms with E-state index in [4.69, 9.17) is 4.74 Å². The van der Waals surface area contributed by atoms with Gasteiger partial charge in [0.15, 0.2) is 0 Å². The third-order valence-corrected chi connectivity index (χ3v) is 5.35. The highest BCUT2D eigenvalue weighted by molar-refractivity contribution is 7.89. The van der Waals surface area contributed by atoms with Gasteiger partial charge in [-0.05, 0) is 20.8 Å². The molecule has 0 unspecified atom stereocenters. The second kappa shape index (κ2) is 7.32. The van der Waals surface area contributed by atoms with Gasteiger partial charge in [-0.1, -0.05) is 0 Å². The highest BCUT2D eigenvalue weighted by Crippen LogP contribution is 2.13. The Balaban J connectivity index is 2.50. The standard InChI is InChI=1S/C12H24N2O7S2/c1-12(2,3)21-11(15)13-5-7-14(8-6-13)23(18,19)10-9-20-22(4,16)17/h5-10H2,1-4H3. The van der Waals surface area contributed by atoms with Gasteiger partial charge in [0.25, 0.3) is 10.1 Å². The summed E-state index contributed by atoms with van der Waals surface area (Å²) < 4.78 is 56.8. The third kappa shape index (κ3) is 7.46. The Labute approximate surface area is 137 Å². The van der Waals surface area contributed by atoms with E-state index in [1.54, 1.807) is 20.8 Å². The van der Waals surface area contributed by atoms with Crippen molar-refractivity contribution in [3.63, 3.8) is 0 Å². The summed E-state index contributed by atoms with van der Waals surface area (Å²) in [6, 6.07) is 0. The van der Waals surface area contributed by atoms with Gasteiger partial charge < -0.3 is 9.64 Å². The molecule has 9 nitrogen and oxygen atoms in total. The lowest BCUT2D eigenvalue weighted by atomic mass is 10.2. The maximum absolute atomic E-state index is 12.1. The van der Waals surface area contributed by atoms with Gasteiger partial charge in [0.1, 0.15) is 5.60 Å². The Hall–Kier alpha value is -0.910. The summed E-state index contributed by atoms with van der Waals surface area (Å²) in [6.45, 7) is 5.57. The van der Waals surface area contributed by atoms with E-state index in [0.717, 1.165) is 6.26 Å². The molecule has 0 saturated carbocycles. The van der Waals surface area contributed by atoms with Crippen molar-refractivity contribution in [3.05, 3.63) is 0 Å². The number of sulfonamides is 1. The average Bonchev–Trinajstić information content (AvgIpc) is 2.35. The SMILES string of the molecule is CC(C)(C)OC(=O)N1CCN(S(=O)(=O)CCOS(C)(=O)=O)CC1. The molecule has 23 heavy (non-hydrogen) atoms. The van der Waals surface area contributed by atoms with Crippen LogP contribution in [0.25, 0.3) is 0 Å². The first-order valence-corrected chi connectivity index (χ1v) is 10.5. The third-order valence-electron chi connectivity index (χ3n) is 2.92. The zero-order chi connectivity index (χ0) is 17.9. The summed E-state index contributed by atoms with van der Waals surface area (Å²) in [5.74, 6) is -0.424. The quantitative estimate of drug-likeness (QED) is 0.617. The monoisotopic (exact) mass is 372 g/mol. The van der Waals surface area contributed by atoms with Crippen LogP contribution >= 0.6 is 0 Å². The fraction of sp³-hybridized carbons (Fsp3) is 0.917. The average molecular weight is 372 g/mol. The molecule has 1 aliphatic rings. The van der Waals surface area contributed by atoms with Crippen LogP contribution in [0.3, 0.4) is 0 Å². The molecule has 1 fully saturated rings. The van der Waals surface area contributed by atoms with Gasteiger partial charge in [-0.2, -0.15) is 12.7 Å². The molecule has 136 valence electrons. The molecule has 11 heteroatoms. The summed E-state index contributed by atoms with van der Waals surface area (Å²) in [4.78, 5) is 13.4. The molecule has 0 aromatic carbocycles. The van der Waals surface area contributed by atoms with Crippen molar-refractivity contribution in [3.8, 4) is 0 Å². The molecule has 0 aliphatic carbocycles. The molecular formula is C12H24N2O7S2. The number of ether oxygens (including phenoxy) is 1. The van der Waals surface area contributed by atoms with E-state index < -0.39 is 44.2 Å². The molecule has 1 aliphatic heterocycles. The Morgan fingerprint density at radius 2 is 1.57 bits per heavy atom. The Kier molecular flexibility index (Phi) is 6.41. The van der Waals surface area contributed by atoms with Crippen LogP contribution in [0, 0.1) is 0 Å². The van der Waals surface area contributed by atoms with E-state index in [0.29, 0.717) is 0 Å². The molecule has 0 radical (unpaired) electrons. The summed E-state index contributed by atoms with van der Waals surface area (Å²) in [7, 11) is -7.29. The van der Waals surface area contributed by atoms with E-state index in [-0.39, 0.29) is 26.2 Å². The van der Waals surface area contributed by atoms with Crippen LogP contribution in [0.2, 0.25) is 0 Å². The van der Waals surface area contributed by atoms with Crippen LogP contribution in [-0.2, 0) is 29.1 Å². The van der Waals surface area contributed by atoms with Crippen LogP contribution in [0.5, 0.6) is 0 Å². The van der Waals surface area contributed by atoms with Crippen molar-refractivity contribution < 1.29 is 30.6 Å². The van der Waals surface area contributed by atoms with Crippen molar-refractivity contribution in [2.75, 3.05) is 44.8 Å². The van der Waals surface area contributed by atoms with Gasteiger partial charge in [0.2, 0.25) is 10.0 Å². The topological polar surface area (TPSA) is 110 Å². The summed E-state index contributed by atoms with van der Waals surface area (Å²) >= 11 is 0. The largest absolute Gasteiger partial charge is 0.444 e. The van der Waals surface area contributed by atoms with Crippen LogP contribution in [-0.4, -0.2) is 82.5 Å². The van der Waals surface area contributed by atoms with Gasteiger partial charge >= 0.3 is 6.09 Å². The molecule has 0 spiro atoms. The van der Waals surface area contributed by atoms with Crippen molar-refractivity contribution in [2.45, 2.75) is 26.4 Å². The van der Waals surface area contributed by atoms with Gasteiger partial charge in [-0.25, -0.2) is 13.2 Å². The maximum atomic E-state index is 12.1. The number of amides is 1. The van der Waals surface area contributed by atoms with E-state index in [1.807, 2.05) is 0 Å². The van der Waals surface area contributed by atoms with Gasteiger partial charge in [-0.15, -0.1) is 0 Å². The minimum absolute atomic E-state index is 0.139. The van der Waals surface area contributed by atoms with Crippen molar-refractivity contribution in [1.29, 1.82) is 0 Å². The number of carbonyl (C=O) groups excluding carboxylic acids is 1. The fourth-order valence-corrected chi connectivity index (χ4v) is 3.66. The zero-order valence-corrected chi connectivity index (χ0v) is 15.4. The van der Waals surface area contributed by atoms with E-state index in [1.165, 1.54) is 9.21 Å². The fourth-order valence-electron chi connectivity index (χ4n) is 1.90. The lowest BCUT2D eigenvalue weighted by molar-refractivity contribution is 0.0192. The lowest BCUT2D eigenvalue weighted by Crippen LogP contribution is -2.52. The van der Waals surface area contributed by atoms with Crippen LogP contribution < -0.4 is 0 Å². The predicted molar refractivity (Wildman–Crippen MR) is 84.0 cm³/mol. The minimum atomic E-state index is -3.67. The number of piperazine rings is 1. The van der Waals surface area contributed by atoms with Crippen molar-refractivity contribution in [2.24, 2.45) is 0 Å². The van der Waals surface area contributed by atoms with Gasteiger partial charge in [0, 0.05) is 26.2 Å². The molecule has 1 heterocycles. The number of rotatable bonds is 5. The van der Waals surface area contributed by atoms with E-state index in [9.17, 15) is 21.6 Å². The van der Waals surface area contributed by atoms with Crippen LogP contribution in [0.4, 0.5) is 4.79 Å². The molecule has 0 atom stereocenters. The maximum Gasteiger partial charge on any atom is 0.410 e. The first-order valence-electron chi connectivity index (χ1n) is 7.10. The molecule has 1 saturated heterocycles. The number of carbonyl (C=O) groups is 1. The van der Waals surface area contributed by atoms with Gasteiger partial charge in [-0.3, -0.25) is 4.18 Å². The predicted octanol–water partition coefficient (Wildman–Crippen LogP) is -0.155. The first-order chi connectivity index (χ1) is 10.3. The molecule has 0 bridgehead atoms. The molecular weight excluding hydrogens is 348 g/mol. The first kappa shape index (κ1) is 20.1. The molecule has 0 aromatic heterocycles. The minimum Gasteiger partial charge on any atom is -0.444 e. The number of hydrogen-bond acceptors (Lipinski definition) is 7.